The maximum absolute atomic E-state index is 13.8. The van der Waals surface area contributed by atoms with Crippen molar-refractivity contribution < 1.29 is 33.6 Å². The zero-order valence-corrected chi connectivity index (χ0v) is 21.0. The van der Waals surface area contributed by atoms with Crippen LogP contribution in [0.25, 0.3) is 0 Å². The van der Waals surface area contributed by atoms with Crippen LogP contribution in [0.2, 0.25) is 0 Å². The molecule has 0 saturated carbocycles. The maximum atomic E-state index is 13.8. The predicted molar refractivity (Wildman–Crippen MR) is 136 cm³/mol. The largest absolute Gasteiger partial charge is 0.493 e. The van der Waals surface area contributed by atoms with Crippen molar-refractivity contribution in [3.8, 4) is 11.5 Å². The van der Waals surface area contributed by atoms with Gasteiger partial charge in [0.2, 0.25) is 0 Å². The van der Waals surface area contributed by atoms with Crippen LogP contribution < -0.4 is 9.47 Å². The van der Waals surface area contributed by atoms with Crippen LogP contribution in [0.1, 0.15) is 28.4 Å². The second kappa shape index (κ2) is 12.4. The second-order valence-electron chi connectivity index (χ2n) is 8.69. The molecule has 3 aromatic carbocycles. The van der Waals surface area contributed by atoms with Gasteiger partial charge in [0.25, 0.3) is 5.91 Å². The first-order chi connectivity index (χ1) is 18.0. The fourth-order valence-electron chi connectivity index (χ4n) is 4.45. The number of carbonyl (C=O) groups is 2. The van der Waals surface area contributed by atoms with Gasteiger partial charge in [-0.3, -0.25) is 4.79 Å². The highest BCUT2D eigenvalue weighted by molar-refractivity contribution is 5.88. The molecule has 194 valence electrons. The van der Waals surface area contributed by atoms with Gasteiger partial charge >= 0.3 is 5.97 Å². The summed E-state index contributed by atoms with van der Waals surface area (Å²) < 4.78 is 22.7. The number of hydrogen-bond acceptors (Lipinski definition) is 6. The Bertz CT molecular complexity index is 1200. The minimum atomic E-state index is -1.10. The van der Waals surface area contributed by atoms with Gasteiger partial charge in [-0.2, -0.15) is 0 Å². The van der Waals surface area contributed by atoms with E-state index in [1.54, 1.807) is 32.4 Å². The lowest BCUT2D eigenvalue weighted by Gasteiger charge is -2.37. The average Bonchev–Trinajstić information content (AvgIpc) is 2.94. The number of fused-ring (bicyclic) bond motifs is 1. The normalized spacial score (nSPS) is 15.5. The van der Waals surface area contributed by atoms with Crippen molar-refractivity contribution in [2.24, 2.45) is 0 Å². The van der Waals surface area contributed by atoms with Gasteiger partial charge in [0.1, 0.15) is 12.6 Å². The molecule has 37 heavy (non-hydrogen) atoms. The van der Waals surface area contributed by atoms with Gasteiger partial charge in [0, 0.05) is 25.6 Å². The Labute approximate surface area is 216 Å². The van der Waals surface area contributed by atoms with E-state index in [4.69, 9.17) is 18.9 Å². The van der Waals surface area contributed by atoms with Gasteiger partial charge < -0.3 is 29.0 Å². The smallest absolute Gasteiger partial charge is 0.326 e. The number of ether oxygens (including phenoxy) is 4. The fourth-order valence-corrected chi connectivity index (χ4v) is 4.45. The lowest BCUT2D eigenvalue weighted by Crippen LogP contribution is -2.50. The third-order valence-corrected chi connectivity index (χ3v) is 6.35. The summed E-state index contributed by atoms with van der Waals surface area (Å²) >= 11 is 0. The summed E-state index contributed by atoms with van der Waals surface area (Å²) in [5.74, 6) is -0.496. The van der Waals surface area contributed by atoms with E-state index in [1.165, 1.54) is 4.90 Å². The number of aliphatic carboxylic acids is 1. The molecule has 1 aliphatic heterocycles. The summed E-state index contributed by atoms with van der Waals surface area (Å²) in [4.78, 5) is 27.6. The summed E-state index contributed by atoms with van der Waals surface area (Å²) in [7, 11) is 3.10. The van der Waals surface area contributed by atoms with Crippen LogP contribution >= 0.6 is 0 Å². The zero-order chi connectivity index (χ0) is 26.2. The van der Waals surface area contributed by atoms with Gasteiger partial charge in [-0.1, -0.05) is 66.7 Å². The summed E-state index contributed by atoms with van der Waals surface area (Å²) in [5.41, 5.74) is 3.16. The number of carboxylic acid groups (broad SMARTS) is 1. The molecule has 1 aliphatic rings. The van der Waals surface area contributed by atoms with Gasteiger partial charge in [-0.25, -0.2) is 4.79 Å². The topological polar surface area (TPSA) is 94.5 Å². The Morgan fingerprint density at radius 2 is 1.68 bits per heavy atom. The monoisotopic (exact) mass is 505 g/mol. The minimum absolute atomic E-state index is 0.0807. The molecule has 2 atom stereocenters. The summed E-state index contributed by atoms with van der Waals surface area (Å²) in [6.45, 7) is 0.910. The molecule has 4 rings (SSSR count). The summed E-state index contributed by atoms with van der Waals surface area (Å²) in [6.07, 6.45) is -0.871. The van der Waals surface area contributed by atoms with E-state index >= 15 is 0 Å². The van der Waals surface area contributed by atoms with E-state index < -0.39 is 24.0 Å². The first-order valence-corrected chi connectivity index (χ1v) is 12.1. The van der Waals surface area contributed by atoms with Gasteiger partial charge in [-0.05, 0) is 22.8 Å². The van der Waals surface area contributed by atoms with Crippen LogP contribution in [0.5, 0.6) is 11.5 Å². The van der Waals surface area contributed by atoms with E-state index in [9.17, 15) is 14.7 Å². The third kappa shape index (κ3) is 6.10. The minimum Gasteiger partial charge on any atom is -0.493 e. The zero-order valence-electron chi connectivity index (χ0n) is 21.0. The third-order valence-electron chi connectivity index (χ3n) is 6.35. The van der Waals surface area contributed by atoms with Crippen molar-refractivity contribution in [1.29, 1.82) is 0 Å². The molecule has 1 heterocycles. The molecule has 8 heteroatoms. The number of methoxy groups -OCH3 is 2. The van der Waals surface area contributed by atoms with Gasteiger partial charge in [0.05, 0.1) is 20.3 Å². The van der Waals surface area contributed by atoms with Gasteiger partial charge in [-0.15, -0.1) is 0 Å². The lowest BCUT2D eigenvalue weighted by molar-refractivity contribution is -0.158. The Hall–Kier alpha value is -3.88. The average molecular weight is 506 g/mol. The molecule has 0 aromatic heterocycles. The molecule has 0 fully saturated rings. The molecule has 0 aliphatic carbocycles. The first-order valence-electron chi connectivity index (χ1n) is 12.1. The molecule has 2 unspecified atom stereocenters. The molecular weight excluding hydrogens is 474 g/mol. The van der Waals surface area contributed by atoms with Crippen LogP contribution in [0.15, 0.2) is 72.8 Å². The van der Waals surface area contributed by atoms with Crippen LogP contribution in [0.4, 0.5) is 0 Å². The number of rotatable bonds is 11. The number of amides is 1. The molecule has 0 bridgehead atoms. The number of nitrogens with zero attached hydrogens (tertiary/aromatic N) is 1. The molecule has 1 N–H and O–H groups in total. The highest BCUT2D eigenvalue weighted by atomic mass is 16.5. The SMILES string of the molecule is COCCOC(C(=O)N1Cc2ccc(OC)c(OCc3ccccc3)c2CC1C(=O)O)c1ccccc1. The highest BCUT2D eigenvalue weighted by Crippen LogP contribution is 2.39. The Balaban J connectivity index is 1.65. The van der Waals surface area contributed by atoms with Crippen LogP contribution in [-0.2, 0) is 38.6 Å². The van der Waals surface area contributed by atoms with Crippen molar-refractivity contribution in [3.05, 3.63) is 95.1 Å². The molecule has 8 nitrogen and oxygen atoms in total. The molecular formula is C29H31NO7. The maximum Gasteiger partial charge on any atom is 0.326 e. The van der Waals surface area contributed by atoms with E-state index in [-0.39, 0.29) is 19.6 Å². The van der Waals surface area contributed by atoms with E-state index in [2.05, 4.69) is 0 Å². The van der Waals surface area contributed by atoms with Crippen molar-refractivity contribution in [1.82, 2.24) is 4.90 Å². The van der Waals surface area contributed by atoms with Crippen molar-refractivity contribution in [2.45, 2.75) is 31.7 Å². The van der Waals surface area contributed by atoms with Crippen molar-refractivity contribution in [2.75, 3.05) is 27.4 Å². The predicted octanol–water partition coefficient (Wildman–Crippen LogP) is 4.02. The van der Waals surface area contributed by atoms with Gasteiger partial charge in [0.15, 0.2) is 17.6 Å². The standard InChI is InChI=1S/C29H31NO7/c1-34-15-16-36-26(21-11-7-4-8-12-21)28(31)30-18-22-13-14-25(35-2)27(23(22)17-24(30)29(32)33)37-19-20-9-5-3-6-10-20/h3-14,24,26H,15-19H2,1-2H3,(H,32,33). The molecule has 0 radical (unpaired) electrons. The quantitative estimate of drug-likeness (QED) is 0.394. The van der Waals surface area contributed by atoms with E-state index in [0.29, 0.717) is 30.3 Å². The number of benzene rings is 3. The second-order valence-corrected chi connectivity index (χ2v) is 8.69. The Morgan fingerprint density at radius 3 is 2.32 bits per heavy atom. The van der Waals surface area contributed by atoms with Crippen molar-refractivity contribution >= 4 is 11.9 Å². The molecule has 0 spiro atoms. The van der Waals surface area contributed by atoms with Crippen molar-refractivity contribution in [3.63, 3.8) is 0 Å². The molecule has 3 aromatic rings. The van der Waals surface area contributed by atoms with Crippen LogP contribution in [-0.4, -0.2) is 55.4 Å². The first kappa shape index (κ1) is 26.2. The number of carboxylic acids is 1. The summed E-state index contributed by atoms with van der Waals surface area (Å²) in [5, 5.41) is 10.1. The number of hydrogen-bond donors (Lipinski definition) is 1. The molecule has 1 amide bonds. The lowest BCUT2D eigenvalue weighted by atomic mass is 9.91. The van der Waals surface area contributed by atoms with E-state index in [1.807, 2.05) is 54.6 Å². The Morgan fingerprint density at radius 1 is 0.973 bits per heavy atom. The van der Waals surface area contributed by atoms with E-state index in [0.717, 1.165) is 16.7 Å². The fraction of sp³-hybridized carbons (Fsp3) is 0.310. The number of carbonyl (C=O) groups excluding carboxylic acids is 1. The summed E-state index contributed by atoms with van der Waals surface area (Å²) in [6, 6.07) is 21.3. The molecule has 0 saturated heterocycles. The Kier molecular flexibility index (Phi) is 8.77. The van der Waals surface area contributed by atoms with Crippen LogP contribution in [0, 0.1) is 0 Å². The van der Waals surface area contributed by atoms with Crippen LogP contribution in [0.3, 0.4) is 0 Å². The highest BCUT2D eigenvalue weighted by Gasteiger charge is 2.40.